The fourth-order valence-electron chi connectivity index (χ4n) is 7.63. The van der Waals surface area contributed by atoms with Crippen LogP contribution >= 0.6 is 0 Å². The third-order valence-corrected chi connectivity index (χ3v) is 9.77. The maximum atomic E-state index is 16.8. The fourth-order valence-corrected chi connectivity index (χ4v) is 7.63. The highest BCUT2D eigenvalue weighted by molar-refractivity contribution is 6.03. The Labute approximate surface area is 264 Å². The maximum absolute atomic E-state index is 16.8. The molecule has 1 unspecified atom stereocenters. The van der Waals surface area contributed by atoms with Gasteiger partial charge in [-0.25, -0.2) is 13.2 Å². The van der Waals surface area contributed by atoms with Crippen LogP contribution in [0, 0.1) is 41.2 Å². The van der Waals surface area contributed by atoms with Gasteiger partial charge in [0.1, 0.15) is 41.4 Å². The lowest BCUT2D eigenvalue weighted by Crippen LogP contribution is -2.43. The number of halogens is 3. The predicted molar refractivity (Wildman–Crippen MR) is 168 cm³/mol. The van der Waals surface area contributed by atoms with E-state index in [2.05, 4.69) is 26.9 Å². The molecule has 1 N–H and O–H groups in total. The van der Waals surface area contributed by atoms with Crippen molar-refractivity contribution in [2.75, 3.05) is 37.7 Å². The summed E-state index contributed by atoms with van der Waals surface area (Å²) in [5, 5.41) is 21.0. The number of phenolic OH excluding ortho intramolecular Hbond substituents is 1. The van der Waals surface area contributed by atoms with Gasteiger partial charge in [0, 0.05) is 49.6 Å². The number of hydrogen-bond donors (Lipinski definition) is 1. The van der Waals surface area contributed by atoms with E-state index in [4.69, 9.17) is 16.1 Å². The van der Waals surface area contributed by atoms with Gasteiger partial charge in [0.15, 0.2) is 5.82 Å². The van der Waals surface area contributed by atoms with E-state index in [1.165, 1.54) is 30.5 Å². The summed E-state index contributed by atoms with van der Waals surface area (Å²) in [6, 6.07) is 7.64. The van der Waals surface area contributed by atoms with Crippen molar-refractivity contribution in [1.82, 2.24) is 19.9 Å². The maximum Gasteiger partial charge on any atom is 0.319 e. The Hall–Kier alpha value is -4.61. The van der Waals surface area contributed by atoms with E-state index in [0.717, 1.165) is 38.6 Å². The number of phenols is 1. The van der Waals surface area contributed by atoms with E-state index in [-0.39, 0.29) is 52.0 Å². The van der Waals surface area contributed by atoms with Gasteiger partial charge in [-0.2, -0.15) is 15.2 Å². The Morgan fingerprint density at radius 1 is 1.13 bits per heavy atom. The molecule has 0 saturated carbocycles. The number of nitriles is 1. The summed E-state index contributed by atoms with van der Waals surface area (Å²) < 4.78 is 52.3. The number of pyridine rings is 1. The largest absolute Gasteiger partial charge is 0.508 e. The highest BCUT2D eigenvalue weighted by Crippen LogP contribution is 2.42. The minimum atomic E-state index is -0.938. The summed E-state index contributed by atoms with van der Waals surface area (Å²) >= 11 is 0. The molecule has 3 atom stereocenters. The highest BCUT2D eigenvalue weighted by Gasteiger charge is 2.49. The number of anilines is 1. The first kappa shape index (κ1) is 30.1. The number of alkyl halides is 1. The average Bonchev–Trinajstić information content (AvgIpc) is 3.46. The lowest BCUT2D eigenvalue weighted by atomic mass is 9.95. The number of aromatic nitrogens is 3. The number of benzene rings is 2. The predicted octanol–water partition coefficient (Wildman–Crippen LogP) is 6.29. The second kappa shape index (κ2) is 12.0. The molecule has 3 fully saturated rings. The molecule has 3 saturated heterocycles. The van der Waals surface area contributed by atoms with Crippen molar-refractivity contribution in [1.29, 1.82) is 5.26 Å². The van der Waals surface area contributed by atoms with Crippen LogP contribution in [0.1, 0.15) is 50.5 Å². The number of terminal acetylenes is 1. The van der Waals surface area contributed by atoms with Crippen molar-refractivity contribution < 1.29 is 23.0 Å². The van der Waals surface area contributed by atoms with E-state index in [1.54, 1.807) is 0 Å². The van der Waals surface area contributed by atoms with Crippen LogP contribution in [0.25, 0.3) is 32.9 Å². The Morgan fingerprint density at radius 3 is 2.83 bits per heavy atom. The van der Waals surface area contributed by atoms with Crippen LogP contribution in [0.15, 0.2) is 30.5 Å². The van der Waals surface area contributed by atoms with Crippen molar-refractivity contribution in [3.8, 4) is 41.4 Å². The minimum Gasteiger partial charge on any atom is -0.508 e. The van der Waals surface area contributed by atoms with E-state index >= 15 is 4.39 Å². The summed E-state index contributed by atoms with van der Waals surface area (Å²) in [7, 11) is 0. The monoisotopic (exact) mass is 626 g/mol. The van der Waals surface area contributed by atoms with E-state index in [0.29, 0.717) is 49.1 Å². The fraction of sp³-hybridized carbons (Fsp3) is 0.429. The van der Waals surface area contributed by atoms with Gasteiger partial charge >= 0.3 is 6.01 Å². The lowest BCUT2D eigenvalue weighted by molar-refractivity contribution is 0.107. The van der Waals surface area contributed by atoms with Crippen molar-refractivity contribution in [2.24, 2.45) is 5.92 Å². The summed E-state index contributed by atoms with van der Waals surface area (Å²) in [5.41, 5.74) is -0.639. The number of aromatic hydroxyl groups is 1. The van der Waals surface area contributed by atoms with Crippen LogP contribution in [0.5, 0.6) is 11.8 Å². The number of nitrogens with zero attached hydrogens (tertiary/aromatic N) is 6. The number of ether oxygens (including phenoxy) is 1. The quantitative estimate of drug-likeness (QED) is 0.250. The van der Waals surface area contributed by atoms with Gasteiger partial charge in [-0.15, -0.1) is 6.42 Å². The number of hydrogen-bond acceptors (Lipinski definition) is 8. The molecule has 0 bridgehead atoms. The molecule has 2 aromatic carbocycles. The molecule has 236 valence electrons. The molecule has 0 radical (unpaired) electrons. The van der Waals surface area contributed by atoms with Crippen molar-refractivity contribution >= 4 is 27.5 Å². The van der Waals surface area contributed by atoms with Crippen molar-refractivity contribution in [3.05, 3.63) is 47.7 Å². The van der Waals surface area contributed by atoms with Gasteiger partial charge in [-0.05, 0) is 61.7 Å². The van der Waals surface area contributed by atoms with Crippen LogP contribution in [-0.2, 0) is 0 Å². The second-order valence-electron chi connectivity index (χ2n) is 12.7. The Morgan fingerprint density at radius 2 is 2.00 bits per heavy atom. The Balaban J connectivity index is 1.38. The third-order valence-electron chi connectivity index (χ3n) is 9.77. The molecule has 46 heavy (non-hydrogen) atoms. The molecule has 0 spiro atoms. The third kappa shape index (κ3) is 5.23. The van der Waals surface area contributed by atoms with Crippen LogP contribution < -0.4 is 9.64 Å². The molecular formula is C35H33F3N6O2. The average molecular weight is 627 g/mol. The molecular weight excluding hydrogens is 593 g/mol. The molecule has 3 aliphatic rings. The lowest BCUT2D eigenvalue weighted by Gasteiger charge is -2.31. The smallest absolute Gasteiger partial charge is 0.319 e. The second-order valence-corrected chi connectivity index (χ2v) is 12.7. The van der Waals surface area contributed by atoms with Crippen LogP contribution in [0.3, 0.4) is 0 Å². The SMILES string of the molecule is C#Cc1c(F)ccc2cc(O)cc(-c3ncc4c(N5CCCCC(CC#N)C5)nc(OC[C@@]56CCCN5C[C@H](F)C6)nc4c3F)c12. The highest BCUT2D eigenvalue weighted by atomic mass is 19.1. The zero-order valence-electron chi connectivity index (χ0n) is 25.3. The normalized spacial score (nSPS) is 23.3. The standard InChI is InChI=1S/C35H33F3N6O2/c1-2-25-28(37)8-7-22-14-24(45)15-26(29(22)25)31-30(38)32-27(17-40-31)33(43-12-4-3-6-21(18-43)9-11-39)42-34(41-32)46-20-35-10-5-13-44(35)19-23(36)16-35/h1,7-8,14-15,17,21,23,45H,3-6,9-10,12-13,16,18-20H2/t21?,23-,35+/m1/s1. The molecule has 0 aliphatic carbocycles. The molecule has 8 nitrogen and oxygen atoms in total. The first-order chi connectivity index (χ1) is 22.3. The van der Waals surface area contributed by atoms with E-state index in [1.807, 2.05) is 4.90 Å². The Bertz CT molecular complexity index is 1920. The summed E-state index contributed by atoms with van der Waals surface area (Å²) in [6.07, 6.45) is 11.4. The summed E-state index contributed by atoms with van der Waals surface area (Å²) in [4.78, 5) is 17.9. The summed E-state index contributed by atoms with van der Waals surface area (Å²) in [5.74, 6) is 1.28. The minimum absolute atomic E-state index is 0.0423. The molecule has 4 aromatic rings. The molecule has 3 aliphatic heterocycles. The van der Waals surface area contributed by atoms with E-state index < -0.39 is 23.3 Å². The topological polar surface area (TPSA) is 98.4 Å². The number of fused-ring (bicyclic) bond motifs is 3. The number of rotatable bonds is 6. The van der Waals surface area contributed by atoms with Crippen molar-refractivity contribution in [3.63, 3.8) is 0 Å². The van der Waals surface area contributed by atoms with Crippen LogP contribution in [-0.4, -0.2) is 69.5 Å². The molecule has 0 amide bonds. The zero-order chi connectivity index (χ0) is 32.0. The molecule has 7 rings (SSSR count). The van der Waals surface area contributed by atoms with Crippen molar-refractivity contribution in [2.45, 2.75) is 56.7 Å². The van der Waals surface area contributed by atoms with Gasteiger partial charge in [0.25, 0.3) is 0 Å². The van der Waals surface area contributed by atoms with Crippen LogP contribution in [0.2, 0.25) is 0 Å². The van der Waals surface area contributed by atoms with E-state index in [9.17, 15) is 19.1 Å². The van der Waals surface area contributed by atoms with Gasteiger partial charge in [0.2, 0.25) is 0 Å². The molecule has 2 aromatic heterocycles. The zero-order valence-corrected chi connectivity index (χ0v) is 25.3. The van der Waals surface area contributed by atoms with Gasteiger partial charge < -0.3 is 14.7 Å². The first-order valence-electron chi connectivity index (χ1n) is 15.7. The van der Waals surface area contributed by atoms with Crippen LogP contribution in [0.4, 0.5) is 19.0 Å². The Kier molecular flexibility index (Phi) is 7.82. The molecule has 5 heterocycles. The summed E-state index contributed by atoms with van der Waals surface area (Å²) in [6.45, 7) is 2.51. The first-order valence-corrected chi connectivity index (χ1v) is 15.7. The van der Waals surface area contributed by atoms with Gasteiger partial charge in [0.05, 0.1) is 22.6 Å². The van der Waals surface area contributed by atoms with Gasteiger partial charge in [-0.1, -0.05) is 18.4 Å². The molecule has 11 heteroatoms. The van der Waals surface area contributed by atoms with Gasteiger partial charge in [-0.3, -0.25) is 9.88 Å².